The van der Waals surface area contributed by atoms with E-state index in [2.05, 4.69) is 4.90 Å². The smallest absolute Gasteiger partial charge is 0.123 e. The lowest BCUT2D eigenvalue weighted by atomic mass is 9.84. The van der Waals surface area contributed by atoms with Gasteiger partial charge >= 0.3 is 0 Å². The highest BCUT2D eigenvalue weighted by atomic mass is 16.1. The number of aldehydes is 1. The Kier molecular flexibility index (Phi) is 2.99. The van der Waals surface area contributed by atoms with E-state index >= 15 is 0 Å². The van der Waals surface area contributed by atoms with Gasteiger partial charge in [0.1, 0.15) is 6.29 Å². The summed E-state index contributed by atoms with van der Waals surface area (Å²) in [5.41, 5.74) is 0. The fourth-order valence-electron chi connectivity index (χ4n) is 2.31. The molecule has 13 heavy (non-hydrogen) atoms. The van der Waals surface area contributed by atoms with Gasteiger partial charge in [0, 0.05) is 12.5 Å². The maximum absolute atomic E-state index is 10.5. The van der Waals surface area contributed by atoms with Crippen molar-refractivity contribution >= 4 is 6.29 Å². The van der Waals surface area contributed by atoms with E-state index in [9.17, 15) is 4.79 Å². The van der Waals surface area contributed by atoms with Crippen LogP contribution in [0.5, 0.6) is 0 Å². The molecule has 0 aromatic carbocycles. The number of nitrogens with zero attached hydrogens (tertiary/aromatic N) is 1. The van der Waals surface area contributed by atoms with Crippen LogP contribution in [0.15, 0.2) is 0 Å². The van der Waals surface area contributed by atoms with Crippen molar-refractivity contribution < 1.29 is 4.79 Å². The van der Waals surface area contributed by atoms with Crippen LogP contribution in [-0.4, -0.2) is 30.8 Å². The van der Waals surface area contributed by atoms with E-state index in [1.807, 2.05) is 0 Å². The Morgan fingerprint density at radius 1 is 1.15 bits per heavy atom. The molecule has 1 heterocycles. The highest BCUT2D eigenvalue weighted by Crippen LogP contribution is 2.28. The van der Waals surface area contributed by atoms with Crippen LogP contribution in [0.2, 0.25) is 0 Å². The summed E-state index contributed by atoms with van der Waals surface area (Å²) < 4.78 is 0. The van der Waals surface area contributed by atoms with Gasteiger partial charge < -0.3 is 9.69 Å². The number of hydrogen-bond donors (Lipinski definition) is 0. The van der Waals surface area contributed by atoms with Crippen LogP contribution in [0.3, 0.4) is 0 Å². The molecule has 74 valence electrons. The monoisotopic (exact) mass is 181 g/mol. The van der Waals surface area contributed by atoms with Crippen molar-refractivity contribution in [2.45, 2.75) is 32.1 Å². The molecule has 0 bridgehead atoms. The summed E-state index contributed by atoms with van der Waals surface area (Å²) in [6.45, 7) is 3.60. The molecule has 2 heteroatoms. The molecular formula is C11H19NO. The summed E-state index contributed by atoms with van der Waals surface area (Å²) in [4.78, 5) is 13.1. The van der Waals surface area contributed by atoms with Crippen molar-refractivity contribution in [2.24, 2.45) is 11.8 Å². The first-order valence-electron chi connectivity index (χ1n) is 5.56. The van der Waals surface area contributed by atoms with Crippen LogP contribution in [-0.2, 0) is 4.79 Å². The van der Waals surface area contributed by atoms with Gasteiger partial charge in [0.25, 0.3) is 0 Å². The average Bonchev–Trinajstić information content (AvgIpc) is 2.12. The van der Waals surface area contributed by atoms with E-state index in [-0.39, 0.29) is 0 Å². The van der Waals surface area contributed by atoms with Gasteiger partial charge in [-0.25, -0.2) is 0 Å². The number of piperidine rings is 1. The quantitative estimate of drug-likeness (QED) is 0.618. The number of carbonyl (C=O) groups excluding carboxylic acids is 1. The minimum absolute atomic E-state index is 0.359. The third-order valence-electron chi connectivity index (χ3n) is 3.57. The van der Waals surface area contributed by atoms with Gasteiger partial charge in [-0.2, -0.15) is 0 Å². The van der Waals surface area contributed by atoms with Gasteiger partial charge in [0.15, 0.2) is 0 Å². The summed E-state index contributed by atoms with van der Waals surface area (Å²) in [7, 11) is 0. The van der Waals surface area contributed by atoms with Crippen molar-refractivity contribution in [3.63, 3.8) is 0 Å². The molecule has 0 spiro atoms. The Hall–Kier alpha value is -0.370. The maximum Gasteiger partial charge on any atom is 0.123 e. The van der Waals surface area contributed by atoms with Crippen LogP contribution < -0.4 is 0 Å². The van der Waals surface area contributed by atoms with E-state index < -0.39 is 0 Å². The van der Waals surface area contributed by atoms with Crippen LogP contribution >= 0.6 is 0 Å². The van der Waals surface area contributed by atoms with Crippen LogP contribution in [0, 0.1) is 11.8 Å². The van der Waals surface area contributed by atoms with E-state index in [4.69, 9.17) is 0 Å². The van der Waals surface area contributed by atoms with E-state index in [0.29, 0.717) is 5.92 Å². The molecule has 0 unspecified atom stereocenters. The Morgan fingerprint density at radius 2 is 1.85 bits per heavy atom. The normalized spacial score (nSPS) is 27.1. The van der Waals surface area contributed by atoms with Crippen molar-refractivity contribution in [2.75, 3.05) is 19.6 Å². The van der Waals surface area contributed by atoms with Crippen LogP contribution in [0.25, 0.3) is 0 Å². The SMILES string of the molecule is O=CC1CCN(CC2CCC2)CC1. The molecule has 2 fully saturated rings. The Bertz CT molecular complexity index is 169. The second kappa shape index (κ2) is 4.23. The van der Waals surface area contributed by atoms with Crippen LogP contribution in [0.1, 0.15) is 32.1 Å². The van der Waals surface area contributed by atoms with Crippen molar-refractivity contribution in [3.05, 3.63) is 0 Å². The van der Waals surface area contributed by atoms with Gasteiger partial charge in [-0.3, -0.25) is 0 Å². The fourth-order valence-corrected chi connectivity index (χ4v) is 2.31. The van der Waals surface area contributed by atoms with Gasteiger partial charge in [-0.15, -0.1) is 0 Å². The third kappa shape index (κ3) is 2.31. The predicted molar refractivity (Wildman–Crippen MR) is 52.6 cm³/mol. The van der Waals surface area contributed by atoms with E-state index in [1.165, 1.54) is 25.8 Å². The van der Waals surface area contributed by atoms with Crippen molar-refractivity contribution in [1.82, 2.24) is 4.90 Å². The van der Waals surface area contributed by atoms with Gasteiger partial charge in [-0.05, 0) is 44.7 Å². The fraction of sp³-hybridized carbons (Fsp3) is 0.909. The molecule has 1 saturated heterocycles. The first-order valence-corrected chi connectivity index (χ1v) is 5.56. The summed E-state index contributed by atoms with van der Waals surface area (Å²) in [6, 6.07) is 0. The molecule has 1 aliphatic carbocycles. The lowest BCUT2D eigenvalue weighted by molar-refractivity contribution is -0.112. The minimum atomic E-state index is 0.359. The molecule has 1 saturated carbocycles. The van der Waals surface area contributed by atoms with Crippen LogP contribution in [0.4, 0.5) is 0 Å². The lowest BCUT2D eigenvalue weighted by Gasteiger charge is -2.35. The lowest BCUT2D eigenvalue weighted by Crippen LogP contribution is -2.38. The zero-order valence-electron chi connectivity index (χ0n) is 8.24. The molecule has 2 nitrogen and oxygen atoms in total. The van der Waals surface area contributed by atoms with Gasteiger partial charge in [-0.1, -0.05) is 6.42 Å². The molecule has 0 atom stereocenters. The molecular weight excluding hydrogens is 162 g/mol. The summed E-state index contributed by atoms with van der Waals surface area (Å²) in [6.07, 6.45) is 7.64. The Morgan fingerprint density at radius 3 is 2.31 bits per heavy atom. The number of carbonyl (C=O) groups is 1. The van der Waals surface area contributed by atoms with Crippen molar-refractivity contribution in [3.8, 4) is 0 Å². The first-order chi connectivity index (χ1) is 6.38. The number of likely N-dealkylation sites (tertiary alicyclic amines) is 1. The topological polar surface area (TPSA) is 20.3 Å². The Labute approximate surface area is 80.3 Å². The molecule has 2 rings (SSSR count). The molecule has 0 N–H and O–H groups in total. The molecule has 1 aliphatic heterocycles. The molecule has 0 amide bonds. The second-order valence-electron chi connectivity index (χ2n) is 4.57. The molecule has 0 radical (unpaired) electrons. The first kappa shape index (κ1) is 9.20. The largest absolute Gasteiger partial charge is 0.303 e. The van der Waals surface area contributed by atoms with Crippen molar-refractivity contribution in [1.29, 1.82) is 0 Å². The second-order valence-corrected chi connectivity index (χ2v) is 4.57. The molecule has 0 aromatic heterocycles. The van der Waals surface area contributed by atoms with E-state index in [0.717, 1.165) is 38.1 Å². The number of rotatable bonds is 3. The summed E-state index contributed by atoms with van der Waals surface area (Å²) >= 11 is 0. The van der Waals surface area contributed by atoms with Gasteiger partial charge in [0.05, 0.1) is 0 Å². The summed E-state index contributed by atoms with van der Waals surface area (Å²) in [5.74, 6) is 1.34. The highest BCUT2D eigenvalue weighted by molar-refractivity contribution is 5.53. The average molecular weight is 181 g/mol. The highest BCUT2D eigenvalue weighted by Gasteiger charge is 2.24. The zero-order valence-corrected chi connectivity index (χ0v) is 8.24. The predicted octanol–water partition coefficient (Wildman–Crippen LogP) is 1.70. The summed E-state index contributed by atoms with van der Waals surface area (Å²) in [5, 5.41) is 0. The zero-order chi connectivity index (χ0) is 9.10. The number of hydrogen-bond acceptors (Lipinski definition) is 2. The maximum atomic E-state index is 10.5. The van der Waals surface area contributed by atoms with Gasteiger partial charge in [0.2, 0.25) is 0 Å². The Balaban J connectivity index is 1.68. The minimum Gasteiger partial charge on any atom is -0.303 e. The van der Waals surface area contributed by atoms with E-state index in [1.54, 1.807) is 0 Å². The molecule has 2 aliphatic rings. The third-order valence-corrected chi connectivity index (χ3v) is 3.57. The molecule has 0 aromatic rings. The standard InChI is InChI=1S/C11H19NO/c13-9-11-4-6-12(7-5-11)8-10-2-1-3-10/h9-11H,1-8H2.